The van der Waals surface area contributed by atoms with E-state index in [1.54, 1.807) is 60.7 Å². The first-order valence-electron chi connectivity index (χ1n) is 8.49. The van der Waals surface area contributed by atoms with Crippen LogP contribution < -0.4 is 0 Å². The van der Waals surface area contributed by atoms with E-state index in [9.17, 15) is 23.1 Å². The molecule has 0 aliphatic heterocycles. The second-order valence-corrected chi connectivity index (χ2v) is 6.17. The predicted octanol–water partition coefficient (Wildman–Crippen LogP) is 4.68. The zero-order valence-electron chi connectivity index (χ0n) is 14.7. The minimum Gasteiger partial charge on any atom is -0.458 e. The number of benzene rings is 3. The molecule has 28 heavy (non-hydrogen) atoms. The van der Waals surface area contributed by atoms with Gasteiger partial charge in [0, 0.05) is 5.56 Å². The highest BCUT2D eigenvalue weighted by Crippen LogP contribution is 2.34. The number of rotatable bonds is 5. The Morgan fingerprint density at radius 2 is 1.25 bits per heavy atom. The van der Waals surface area contributed by atoms with Crippen LogP contribution in [-0.2, 0) is 27.9 Å². The summed E-state index contributed by atoms with van der Waals surface area (Å²) in [6.07, 6.45) is -4.57. The molecule has 3 nitrogen and oxygen atoms in total. The zero-order chi connectivity index (χ0) is 20.2. The van der Waals surface area contributed by atoms with Crippen molar-refractivity contribution in [2.24, 2.45) is 0 Å². The maximum atomic E-state index is 13.1. The Hall–Kier alpha value is -3.12. The van der Waals surface area contributed by atoms with Gasteiger partial charge in [0.15, 0.2) is 0 Å². The fraction of sp³-hybridized carbons (Fsp3) is 0.136. The average Bonchev–Trinajstić information content (AvgIpc) is 2.72. The van der Waals surface area contributed by atoms with Crippen molar-refractivity contribution in [3.8, 4) is 0 Å². The summed E-state index contributed by atoms with van der Waals surface area (Å²) >= 11 is 0. The van der Waals surface area contributed by atoms with Gasteiger partial charge in [-0.2, -0.15) is 13.2 Å². The number of halogens is 3. The summed E-state index contributed by atoms with van der Waals surface area (Å²) in [6, 6.07) is 21.1. The summed E-state index contributed by atoms with van der Waals surface area (Å²) in [7, 11) is 0. The molecule has 0 spiro atoms. The van der Waals surface area contributed by atoms with E-state index < -0.39 is 29.9 Å². The molecule has 3 aromatic carbocycles. The molecule has 0 radical (unpaired) electrons. The summed E-state index contributed by atoms with van der Waals surface area (Å²) in [6.45, 7) is -0.615. The molecule has 0 saturated heterocycles. The fourth-order valence-electron chi connectivity index (χ4n) is 2.93. The topological polar surface area (TPSA) is 46.5 Å². The molecule has 0 heterocycles. The van der Waals surface area contributed by atoms with Gasteiger partial charge in [0.2, 0.25) is 5.60 Å². The van der Waals surface area contributed by atoms with Gasteiger partial charge in [-0.15, -0.1) is 0 Å². The van der Waals surface area contributed by atoms with E-state index >= 15 is 0 Å². The van der Waals surface area contributed by atoms with Gasteiger partial charge in [0.05, 0.1) is 5.56 Å². The SMILES string of the molecule is O=C(OCc1ccccc1C(F)(F)F)C(O)(c1ccccc1)c1ccccc1. The van der Waals surface area contributed by atoms with E-state index in [4.69, 9.17) is 4.74 Å². The molecule has 0 saturated carbocycles. The van der Waals surface area contributed by atoms with E-state index in [2.05, 4.69) is 0 Å². The normalized spacial score (nSPS) is 11.9. The minimum atomic E-state index is -4.57. The van der Waals surface area contributed by atoms with Crippen LogP contribution in [0.2, 0.25) is 0 Å². The smallest absolute Gasteiger partial charge is 0.416 e. The van der Waals surface area contributed by atoms with Gasteiger partial charge in [0.1, 0.15) is 6.61 Å². The molecular weight excluding hydrogens is 369 g/mol. The second-order valence-electron chi connectivity index (χ2n) is 6.17. The number of aliphatic hydroxyl groups is 1. The van der Waals surface area contributed by atoms with Crippen LogP contribution in [0, 0.1) is 0 Å². The van der Waals surface area contributed by atoms with Gasteiger partial charge in [-0.1, -0.05) is 78.9 Å². The summed E-state index contributed by atoms with van der Waals surface area (Å²) in [4.78, 5) is 12.8. The molecule has 1 N–H and O–H groups in total. The van der Waals surface area contributed by atoms with Crippen LogP contribution in [0.25, 0.3) is 0 Å². The van der Waals surface area contributed by atoms with E-state index in [0.717, 1.165) is 6.07 Å². The lowest BCUT2D eigenvalue weighted by atomic mass is 9.86. The van der Waals surface area contributed by atoms with Crippen molar-refractivity contribution in [1.82, 2.24) is 0 Å². The fourth-order valence-corrected chi connectivity index (χ4v) is 2.93. The molecule has 3 rings (SSSR count). The monoisotopic (exact) mass is 386 g/mol. The number of ether oxygens (including phenoxy) is 1. The molecule has 3 aromatic rings. The van der Waals surface area contributed by atoms with Crippen molar-refractivity contribution in [3.63, 3.8) is 0 Å². The molecule has 0 amide bonds. The molecule has 0 atom stereocenters. The quantitative estimate of drug-likeness (QED) is 0.648. The lowest BCUT2D eigenvalue weighted by molar-refractivity contribution is -0.164. The Bertz CT molecular complexity index is 899. The number of alkyl halides is 3. The number of esters is 1. The van der Waals surface area contributed by atoms with E-state index in [-0.39, 0.29) is 16.7 Å². The van der Waals surface area contributed by atoms with Crippen LogP contribution in [0.15, 0.2) is 84.9 Å². The summed E-state index contributed by atoms with van der Waals surface area (Å²) in [5.41, 5.74) is -2.70. The zero-order valence-corrected chi connectivity index (χ0v) is 14.7. The lowest BCUT2D eigenvalue weighted by Gasteiger charge is -2.27. The summed E-state index contributed by atoms with van der Waals surface area (Å²) < 4.78 is 44.6. The number of hydrogen-bond acceptors (Lipinski definition) is 3. The van der Waals surface area contributed by atoms with Crippen molar-refractivity contribution < 1.29 is 27.8 Å². The third kappa shape index (κ3) is 3.92. The highest BCUT2D eigenvalue weighted by Gasteiger charge is 2.42. The summed E-state index contributed by atoms with van der Waals surface area (Å²) in [5.74, 6) is -1.05. The molecule has 0 aliphatic carbocycles. The maximum Gasteiger partial charge on any atom is 0.416 e. The Morgan fingerprint density at radius 1 is 0.786 bits per heavy atom. The van der Waals surface area contributed by atoms with Crippen molar-refractivity contribution in [2.75, 3.05) is 0 Å². The molecule has 0 bridgehead atoms. The molecular formula is C22H17F3O3. The Morgan fingerprint density at radius 3 is 1.75 bits per heavy atom. The first-order chi connectivity index (χ1) is 13.3. The number of carbonyl (C=O) groups is 1. The Kier molecular flexibility index (Phi) is 5.51. The van der Waals surface area contributed by atoms with Gasteiger partial charge < -0.3 is 9.84 Å². The van der Waals surface area contributed by atoms with Gasteiger partial charge >= 0.3 is 12.1 Å². The molecule has 0 aliphatic rings. The first kappa shape index (κ1) is 19.6. The average molecular weight is 386 g/mol. The molecule has 144 valence electrons. The van der Waals surface area contributed by atoms with Gasteiger partial charge in [-0.3, -0.25) is 0 Å². The maximum absolute atomic E-state index is 13.1. The van der Waals surface area contributed by atoms with Crippen LogP contribution in [-0.4, -0.2) is 11.1 Å². The van der Waals surface area contributed by atoms with Crippen LogP contribution in [0.4, 0.5) is 13.2 Å². The highest BCUT2D eigenvalue weighted by molar-refractivity contribution is 5.85. The lowest BCUT2D eigenvalue weighted by Crippen LogP contribution is -2.38. The van der Waals surface area contributed by atoms with E-state index in [1.165, 1.54) is 18.2 Å². The minimum absolute atomic E-state index is 0.188. The highest BCUT2D eigenvalue weighted by atomic mass is 19.4. The van der Waals surface area contributed by atoms with Gasteiger partial charge in [-0.25, -0.2) is 4.79 Å². The third-order valence-corrected chi connectivity index (χ3v) is 4.36. The van der Waals surface area contributed by atoms with Crippen molar-refractivity contribution in [3.05, 3.63) is 107 Å². The Labute approximate surface area is 160 Å². The van der Waals surface area contributed by atoms with Gasteiger partial charge in [0.25, 0.3) is 0 Å². The van der Waals surface area contributed by atoms with Crippen LogP contribution in [0.3, 0.4) is 0 Å². The molecule has 0 fully saturated rings. The third-order valence-electron chi connectivity index (χ3n) is 4.36. The van der Waals surface area contributed by atoms with Crippen molar-refractivity contribution in [1.29, 1.82) is 0 Å². The number of carbonyl (C=O) groups excluding carboxylic acids is 1. The number of hydrogen-bond donors (Lipinski definition) is 1. The first-order valence-corrected chi connectivity index (χ1v) is 8.49. The Balaban J connectivity index is 1.93. The largest absolute Gasteiger partial charge is 0.458 e. The molecule has 0 aromatic heterocycles. The molecule has 0 unspecified atom stereocenters. The van der Waals surface area contributed by atoms with E-state index in [0.29, 0.717) is 0 Å². The van der Waals surface area contributed by atoms with Crippen molar-refractivity contribution >= 4 is 5.97 Å². The van der Waals surface area contributed by atoms with Gasteiger partial charge in [-0.05, 0) is 17.2 Å². The van der Waals surface area contributed by atoms with Crippen molar-refractivity contribution in [2.45, 2.75) is 18.4 Å². The predicted molar refractivity (Wildman–Crippen MR) is 97.1 cm³/mol. The summed E-state index contributed by atoms with van der Waals surface area (Å²) in [5, 5.41) is 11.2. The van der Waals surface area contributed by atoms with E-state index in [1.807, 2.05) is 0 Å². The second kappa shape index (κ2) is 7.86. The standard InChI is InChI=1S/C22H17F3O3/c23-22(24,25)19-14-8-7-9-16(19)15-28-20(26)21(27,17-10-3-1-4-11-17)18-12-5-2-6-13-18/h1-14,27H,15H2. The molecule has 6 heteroatoms. The van der Waals surface area contributed by atoms with Crippen LogP contribution in [0.1, 0.15) is 22.3 Å². The van der Waals surface area contributed by atoms with Crippen LogP contribution >= 0.6 is 0 Å². The van der Waals surface area contributed by atoms with Crippen LogP contribution in [0.5, 0.6) is 0 Å².